The number of carbonyl (C=O) groups excluding carboxylic acids is 3. The number of rotatable bonds is 4. The number of nitrogens with one attached hydrogen (secondary N) is 2. The van der Waals surface area contributed by atoms with Crippen molar-refractivity contribution >= 4 is 39.5 Å². The van der Waals surface area contributed by atoms with Gasteiger partial charge in [0, 0.05) is 23.7 Å². The Morgan fingerprint density at radius 2 is 2.00 bits per heavy atom. The predicted octanol–water partition coefficient (Wildman–Crippen LogP) is 0.191. The number of anilines is 1. The normalized spacial score (nSPS) is 12.5. The van der Waals surface area contributed by atoms with Crippen molar-refractivity contribution in [2.75, 3.05) is 19.4 Å². The third kappa shape index (κ3) is 2.94. The number of carbonyl (C=O) groups is 3. The number of nitrogens with zero attached hydrogens (tertiary/aromatic N) is 1. The minimum absolute atomic E-state index is 0.0572. The molecule has 1 aliphatic rings. The summed E-state index contributed by atoms with van der Waals surface area (Å²) in [6, 6.07) is 5.75. The smallest absolute Gasteiger partial charge is 0.262 e. The van der Waals surface area contributed by atoms with E-state index in [1.165, 1.54) is 13.1 Å². The van der Waals surface area contributed by atoms with Crippen LogP contribution in [-0.4, -0.2) is 35.9 Å². The highest BCUT2D eigenvalue weighted by molar-refractivity contribution is 9.10. The zero-order chi connectivity index (χ0) is 19.0. The first-order valence-corrected chi connectivity index (χ1v) is 8.17. The predicted molar refractivity (Wildman–Crippen MR) is 95.5 cm³/mol. The number of benzene rings is 1. The lowest BCUT2D eigenvalue weighted by molar-refractivity contribution is -0.122. The fraction of sp³-hybridized carbons (Fsp3) is 0.125. The SMILES string of the molecule is CNC(=O)COc1ccc(Br)c(-n2c(N)c3c(cc2=O)C(=O)NC3=O)c1. The third-order valence-electron chi connectivity index (χ3n) is 3.76. The fourth-order valence-electron chi connectivity index (χ4n) is 2.50. The Hall–Kier alpha value is -3.14. The number of fused-ring (bicyclic) bond motifs is 1. The van der Waals surface area contributed by atoms with Crippen molar-refractivity contribution in [3.8, 4) is 11.4 Å². The molecule has 9 nitrogen and oxygen atoms in total. The lowest BCUT2D eigenvalue weighted by Crippen LogP contribution is -2.25. The molecule has 0 radical (unpaired) electrons. The van der Waals surface area contributed by atoms with Crippen molar-refractivity contribution in [3.63, 3.8) is 0 Å². The van der Waals surface area contributed by atoms with Crippen LogP contribution in [0, 0.1) is 0 Å². The van der Waals surface area contributed by atoms with E-state index in [9.17, 15) is 19.2 Å². The summed E-state index contributed by atoms with van der Waals surface area (Å²) in [6.07, 6.45) is 0. The molecule has 0 bridgehead atoms. The number of imide groups is 1. The van der Waals surface area contributed by atoms with Gasteiger partial charge in [-0.3, -0.25) is 29.1 Å². The average molecular weight is 421 g/mol. The molecular weight excluding hydrogens is 408 g/mol. The van der Waals surface area contributed by atoms with Crippen LogP contribution in [0.15, 0.2) is 33.5 Å². The Bertz CT molecular complexity index is 1010. The first-order chi connectivity index (χ1) is 12.3. The molecule has 3 amide bonds. The van der Waals surface area contributed by atoms with E-state index in [0.717, 1.165) is 10.6 Å². The van der Waals surface area contributed by atoms with E-state index in [4.69, 9.17) is 10.5 Å². The Morgan fingerprint density at radius 3 is 2.69 bits per heavy atom. The van der Waals surface area contributed by atoms with Gasteiger partial charge in [-0.15, -0.1) is 0 Å². The largest absolute Gasteiger partial charge is 0.484 e. The minimum atomic E-state index is -0.667. The molecule has 1 aromatic carbocycles. The lowest BCUT2D eigenvalue weighted by atomic mass is 10.1. The van der Waals surface area contributed by atoms with Gasteiger partial charge >= 0.3 is 0 Å². The number of hydrogen-bond donors (Lipinski definition) is 3. The Balaban J connectivity index is 2.11. The number of nitrogen functional groups attached to an aromatic ring is 1. The summed E-state index contributed by atoms with van der Waals surface area (Å²) < 4.78 is 6.96. The van der Waals surface area contributed by atoms with Crippen molar-refractivity contribution in [3.05, 3.63) is 50.2 Å². The van der Waals surface area contributed by atoms with Crippen molar-refractivity contribution in [1.82, 2.24) is 15.2 Å². The van der Waals surface area contributed by atoms with Gasteiger partial charge in [0.1, 0.15) is 11.6 Å². The Labute approximate surface area is 155 Å². The molecule has 0 aliphatic carbocycles. The highest BCUT2D eigenvalue weighted by atomic mass is 79.9. The Kier molecular flexibility index (Phi) is 4.51. The highest BCUT2D eigenvalue weighted by Crippen LogP contribution is 2.29. The van der Waals surface area contributed by atoms with Crippen molar-refractivity contribution in [2.45, 2.75) is 0 Å². The molecule has 2 heterocycles. The summed E-state index contributed by atoms with van der Waals surface area (Å²) in [6.45, 7) is -0.205. The molecule has 0 fully saturated rings. The van der Waals surface area contributed by atoms with Crippen LogP contribution in [0.4, 0.5) is 5.82 Å². The second-order valence-corrected chi connectivity index (χ2v) is 6.20. The molecule has 0 unspecified atom stereocenters. The molecule has 134 valence electrons. The molecule has 1 aliphatic heterocycles. The summed E-state index contributed by atoms with van der Waals surface area (Å²) in [5, 5.41) is 4.53. The fourth-order valence-corrected chi connectivity index (χ4v) is 2.93. The zero-order valence-corrected chi connectivity index (χ0v) is 15.0. The van der Waals surface area contributed by atoms with E-state index in [1.54, 1.807) is 12.1 Å². The third-order valence-corrected chi connectivity index (χ3v) is 4.43. The van der Waals surface area contributed by atoms with Crippen LogP contribution in [0.5, 0.6) is 5.75 Å². The van der Waals surface area contributed by atoms with Gasteiger partial charge in [-0.2, -0.15) is 0 Å². The second kappa shape index (κ2) is 6.64. The van der Waals surface area contributed by atoms with Crippen LogP contribution in [0.3, 0.4) is 0 Å². The monoisotopic (exact) mass is 420 g/mol. The van der Waals surface area contributed by atoms with Crippen LogP contribution < -0.4 is 26.7 Å². The average Bonchev–Trinajstić information content (AvgIpc) is 2.88. The first kappa shape index (κ1) is 17.7. The van der Waals surface area contributed by atoms with Crippen molar-refractivity contribution in [2.24, 2.45) is 0 Å². The molecule has 0 saturated heterocycles. The topological polar surface area (TPSA) is 133 Å². The lowest BCUT2D eigenvalue weighted by Gasteiger charge is -2.15. The highest BCUT2D eigenvalue weighted by Gasteiger charge is 2.32. The molecule has 26 heavy (non-hydrogen) atoms. The second-order valence-electron chi connectivity index (χ2n) is 5.35. The van der Waals surface area contributed by atoms with Crippen LogP contribution in [0.1, 0.15) is 20.7 Å². The maximum absolute atomic E-state index is 12.5. The molecule has 0 atom stereocenters. The van der Waals surface area contributed by atoms with Crippen LogP contribution in [-0.2, 0) is 4.79 Å². The zero-order valence-electron chi connectivity index (χ0n) is 13.5. The summed E-state index contributed by atoms with van der Waals surface area (Å²) in [7, 11) is 1.48. The number of aromatic nitrogens is 1. The van der Waals surface area contributed by atoms with Gasteiger partial charge in [-0.1, -0.05) is 0 Å². The Morgan fingerprint density at radius 1 is 1.27 bits per heavy atom. The number of likely N-dealkylation sites (N-methyl/N-ethyl adjacent to an activating group) is 1. The summed E-state index contributed by atoms with van der Waals surface area (Å²) >= 11 is 3.32. The molecular formula is C16H13BrN4O5. The molecule has 3 rings (SSSR count). The quantitative estimate of drug-likeness (QED) is 0.604. The molecule has 0 spiro atoms. The molecule has 10 heteroatoms. The molecule has 2 aromatic rings. The summed E-state index contributed by atoms with van der Waals surface area (Å²) in [5.74, 6) is -1.50. The van der Waals surface area contributed by atoms with Gasteiger partial charge in [0.05, 0.1) is 16.8 Å². The number of pyridine rings is 1. The summed E-state index contributed by atoms with van der Waals surface area (Å²) in [4.78, 5) is 47.5. The number of halogens is 1. The number of nitrogens with two attached hydrogens (primary N) is 1. The van der Waals surface area contributed by atoms with E-state index in [-0.39, 0.29) is 29.5 Å². The van der Waals surface area contributed by atoms with Crippen LogP contribution >= 0.6 is 15.9 Å². The van der Waals surface area contributed by atoms with Crippen molar-refractivity contribution < 1.29 is 19.1 Å². The van der Waals surface area contributed by atoms with E-state index in [1.807, 2.05) is 0 Å². The van der Waals surface area contributed by atoms with E-state index in [2.05, 4.69) is 26.6 Å². The van der Waals surface area contributed by atoms with Crippen molar-refractivity contribution in [1.29, 1.82) is 0 Å². The van der Waals surface area contributed by atoms with E-state index < -0.39 is 17.4 Å². The van der Waals surface area contributed by atoms with Gasteiger partial charge < -0.3 is 15.8 Å². The van der Waals surface area contributed by atoms with Gasteiger partial charge in [0.15, 0.2) is 6.61 Å². The van der Waals surface area contributed by atoms with Gasteiger partial charge in [-0.05, 0) is 28.1 Å². The van der Waals surface area contributed by atoms with Gasteiger partial charge in [0.25, 0.3) is 23.3 Å². The van der Waals surface area contributed by atoms with Crippen LogP contribution in [0.25, 0.3) is 5.69 Å². The number of hydrogen-bond acceptors (Lipinski definition) is 6. The molecule has 4 N–H and O–H groups in total. The summed E-state index contributed by atoms with van der Waals surface area (Å²) in [5.41, 5.74) is 5.61. The van der Waals surface area contributed by atoms with Gasteiger partial charge in [0.2, 0.25) is 0 Å². The van der Waals surface area contributed by atoms with E-state index in [0.29, 0.717) is 15.9 Å². The van der Waals surface area contributed by atoms with E-state index >= 15 is 0 Å². The van der Waals surface area contributed by atoms with Crippen LogP contribution in [0.2, 0.25) is 0 Å². The maximum Gasteiger partial charge on any atom is 0.262 e. The maximum atomic E-state index is 12.5. The molecule has 0 saturated carbocycles. The first-order valence-electron chi connectivity index (χ1n) is 7.38. The molecule has 1 aromatic heterocycles. The standard InChI is InChI=1S/C16H13BrN4O5/c1-19-11(22)6-26-7-2-3-9(17)10(4-7)21-12(23)5-8-13(14(21)18)16(25)20-15(8)24/h2-5H,6,18H2,1H3,(H,19,22)(H,20,24,25). The number of amides is 3. The minimum Gasteiger partial charge on any atom is -0.484 e. The number of ether oxygens (including phenoxy) is 1. The van der Waals surface area contributed by atoms with Gasteiger partial charge in [-0.25, -0.2) is 0 Å².